The molecule has 0 aliphatic heterocycles. The Morgan fingerprint density at radius 2 is 2.06 bits per heavy atom. The van der Waals surface area contributed by atoms with Crippen LogP contribution in [-0.2, 0) is 5.75 Å². The van der Waals surface area contributed by atoms with Gasteiger partial charge in [-0.05, 0) is 40.2 Å². The Morgan fingerprint density at radius 3 is 2.67 bits per heavy atom. The predicted octanol–water partition coefficient (Wildman–Crippen LogP) is 3.18. The number of halogens is 2. The van der Waals surface area contributed by atoms with Gasteiger partial charge in [-0.3, -0.25) is 4.79 Å². The Morgan fingerprint density at radius 1 is 1.39 bits per heavy atom. The highest BCUT2D eigenvalue weighted by atomic mass is 79.9. The van der Waals surface area contributed by atoms with Crippen molar-refractivity contribution in [2.24, 2.45) is 0 Å². The number of nitrogens with zero attached hydrogens (tertiary/aromatic N) is 1. The van der Waals surface area contributed by atoms with Gasteiger partial charge in [0.25, 0.3) is 5.56 Å². The number of hydrogen-bond donors (Lipinski definition) is 2. The molecule has 4 nitrogen and oxygen atoms in total. The van der Waals surface area contributed by atoms with Crippen molar-refractivity contribution >= 4 is 39.3 Å². The lowest BCUT2D eigenvalue weighted by atomic mass is 10.4. The lowest BCUT2D eigenvalue weighted by Crippen LogP contribution is -2.11. The van der Waals surface area contributed by atoms with E-state index in [1.54, 1.807) is 12.1 Å². The van der Waals surface area contributed by atoms with E-state index < -0.39 is 5.56 Å². The van der Waals surface area contributed by atoms with Crippen LogP contribution in [0.25, 0.3) is 0 Å². The van der Waals surface area contributed by atoms with E-state index in [9.17, 15) is 9.90 Å². The number of rotatable bonds is 3. The molecule has 18 heavy (non-hydrogen) atoms. The number of benzene rings is 1. The summed E-state index contributed by atoms with van der Waals surface area (Å²) in [5, 5.41) is 10.1. The molecular formula is C11H8BrClN2O2S. The summed E-state index contributed by atoms with van der Waals surface area (Å²) >= 11 is 10.2. The van der Waals surface area contributed by atoms with Gasteiger partial charge < -0.3 is 10.1 Å². The summed E-state index contributed by atoms with van der Waals surface area (Å²) in [5.41, 5.74) is -0.394. The molecule has 0 amide bonds. The lowest BCUT2D eigenvalue weighted by Gasteiger charge is -2.03. The van der Waals surface area contributed by atoms with Crippen LogP contribution in [0.15, 0.2) is 38.4 Å². The summed E-state index contributed by atoms with van der Waals surface area (Å²) in [5.74, 6) is 0.573. The molecule has 0 aliphatic rings. The van der Waals surface area contributed by atoms with Crippen molar-refractivity contribution in [2.75, 3.05) is 0 Å². The SMILES string of the molecule is O=c1[nH]c(CSc2ccc(Cl)cc2)nc(O)c1Br. The Kier molecular flexibility index (Phi) is 4.31. The fraction of sp³-hybridized carbons (Fsp3) is 0.0909. The van der Waals surface area contributed by atoms with Crippen LogP contribution >= 0.6 is 39.3 Å². The smallest absolute Gasteiger partial charge is 0.269 e. The molecule has 0 atom stereocenters. The van der Waals surface area contributed by atoms with Crippen molar-refractivity contribution in [3.05, 3.63) is 49.9 Å². The molecule has 7 heteroatoms. The van der Waals surface area contributed by atoms with Gasteiger partial charge >= 0.3 is 0 Å². The van der Waals surface area contributed by atoms with Gasteiger partial charge in [0.05, 0.1) is 5.75 Å². The topological polar surface area (TPSA) is 66.0 Å². The maximum absolute atomic E-state index is 11.4. The minimum absolute atomic E-state index is 0.0442. The molecule has 2 N–H and O–H groups in total. The second kappa shape index (κ2) is 5.77. The number of aromatic hydroxyl groups is 1. The van der Waals surface area contributed by atoms with E-state index in [1.807, 2.05) is 12.1 Å². The Hall–Kier alpha value is -0.980. The highest BCUT2D eigenvalue weighted by Gasteiger charge is 2.07. The van der Waals surface area contributed by atoms with Crippen molar-refractivity contribution in [3.63, 3.8) is 0 Å². The molecule has 0 bridgehead atoms. The first-order chi connectivity index (χ1) is 8.56. The Bertz CT molecular complexity index is 615. The van der Waals surface area contributed by atoms with Gasteiger partial charge in [-0.2, -0.15) is 4.98 Å². The van der Waals surface area contributed by atoms with Crippen molar-refractivity contribution in [1.82, 2.24) is 9.97 Å². The molecule has 0 spiro atoms. The third kappa shape index (κ3) is 3.28. The molecular weight excluding hydrogens is 340 g/mol. The van der Waals surface area contributed by atoms with Crippen LogP contribution in [0.4, 0.5) is 0 Å². The second-order valence-electron chi connectivity index (χ2n) is 3.39. The molecule has 1 aromatic carbocycles. The molecule has 2 aromatic rings. The van der Waals surface area contributed by atoms with Crippen LogP contribution in [0.2, 0.25) is 5.02 Å². The molecule has 1 aromatic heterocycles. The van der Waals surface area contributed by atoms with Crippen molar-refractivity contribution < 1.29 is 5.11 Å². The van der Waals surface area contributed by atoms with Crippen LogP contribution < -0.4 is 5.56 Å². The van der Waals surface area contributed by atoms with Crippen molar-refractivity contribution in [1.29, 1.82) is 0 Å². The molecule has 0 unspecified atom stereocenters. The van der Waals surface area contributed by atoms with Gasteiger partial charge in [-0.25, -0.2) is 0 Å². The monoisotopic (exact) mass is 346 g/mol. The van der Waals surface area contributed by atoms with Crippen LogP contribution in [0.3, 0.4) is 0 Å². The normalized spacial score (nSPS) is 10.6. The average molecular weight is 348 g/mol. The molecule has 0 fully saturated rings. The molecule has 0 saturated carbocycles. The predicted molar refractivity (Wildman–Crippen MR) is 75.2 cm³/mol. The molecule has 1 heterocycles. The van der Waals surface area contributed by atoms with Gasteiger partial charge in [-0.1, -0.05) is 11.6 Å². The number of H-pyrrole nitrogens is 1. The van der Waals surface area contributed by atoms with E-state index in [0.29, 0.717) is 16.6 Å². The zero-order chi connectivity index (χ0) is 13.1. The van der Waals surface area contributed by atoms with E-state index in [-0.39, 0.29) is 10.4 Å². The van der Waals surface area contributed by atoms with Gasteiger partial charge in [0, 0.05) is 9.92 Å². The van der Waals surface area contributed by atoms with Crippen molar-refractivity contribution in [3.8, 4) is 5.88 Å². The first kappa shape index (κ1) is 13.5. The summed E-state index contributed by atoms with van der Waals surface area (Å²) in [7, 11) is 0. The van der Waals surface area contributed by atoms with Crippen LogP contribution in [0, 0.1) is 0 Å². The average Bonchev–Trinajstić information content (AvgIpc) is 2.35. The standard InChI is InChI=1S/C11H8BrClN2O2S/c12-9-10(16)14-8(15-11(9)17)5-18-7-3-1-6(13)2-4-7/h1-4H,5H2,(H2,14,15,16,17). The molecule has 94 valence electrons. The van der Waals surface area contributed by atoms with E-state index in [4.69, 9.17) is 11.6 Å². The van der Waals surface area contributed by atoms with Crippen LogP contribution in [0.1, 0.15) is 5.82 Å². The van der Waals surface area contributed by atoms with Crippen molar-refractivity contribution in [2.45, 2.75) is 10.6 Å². The van der Waals surface area contributed by atoms with Gasteiger partial charge in [-0.15, -0.1) is 11.8 Å². The second-order valence-corrected chi connectivity index (χ2v) is 5.67. The summed E-state index contributed by atoms with van der Waals surface area (Å²) < 4.78 is 0.0442. The fourth-order valence-corrected chi connectivity index (χ4v) is 2.33. The summed E-state index contributed by atoms with van der Waals surface area (Å²) in [6.07, 6.45) is 0. The van der Waals surface area contributed by atoms with Gasteiger partial charge in [0.1, 0.15) is 10.3 Å². The maximum Gasteiger partial charge on any atom is 0.269 e. The first-order valence-electron chi connectivity index (χ1n) is 4.92. The highest BCUT2D eigenvalue weighted by Crippen LogP contribution is 2.24. The maximum atomic E-state index is 11.4. The van der Waals surface area contributed by atoms with Crippen LogP contribution in [0.5, 0.6) is 5.88 Å². The molecule has 0 radical (unpaired) electrons. The Labute approximate surface area is 121 Å². The highest BCUT2D eigenvalue weighted by molar-refractivity contribution is 9.10. The van der Waals surface area contributed by atoms with E-state index in [2.05, 4.69) is 25.9 Å². The summed E-state index contributed by atoms with van der Waals surface area (Å²) in [4.78, 5) is 18.8. The number of aromatic nitrogens is 2. The van der Waals surface area contributed by atoms with Gasteiger partial charge in [0.15, 0.2) is 0 Å². The fourth-order valence-electron chi connectivity index (χ4n) is 1.24. The minimum Gasteiger partial charge on any atom is -0.492 e. The third-order valence-corrected chi connectivity index (χ3v) is 4.07. The largest absolute Gasteiger partial charge is 0.492 e. The number of aromatic amines is 1. The Balaban J connectivity index is 2.11. The zero-order valence-electron chi connectivity index (χ0n) is 8.98. The number of thioether (sulfide) groups is 1. The number of nitrogens with one attached hydrogen (secondary N) is 1. The summed E-state index contributed by atoms with van der Waals surface area (Å²) in [6.45, 7) is 0. The van der Waals surface area contributed by atoms with E-state index in [1.165, 1.54) is 11.8 Å². The number of hydrogen-bond acceptors (Lipinski definition) is 4. The quantitative estimate of drug-likeness (QED) is 0.837. The van der Waals surface area contributed by atoms with E-state index in [0.717, 1.165) is 4.90 Å². The third-order valence-electron chi connectivity index (χ3n) is 2.08. The van der Waals surface area contributed by atoms with Gasteiger partial charge in [0.2, 0.25) is 5.88 Å². The minimum atomic E-state index is -0.394. The lowest BCUT2D eigenvalue weighted by molar-refractivity contribution is 0.444. The molecule has 0 aliphatic carbocycles. The first-order valence-corrected chi connectivity index (χ1v) is 7.08. The zero-order valence-corrected chi connectivity index (χ0v) is 12.1. The molecule has 0 saturated heterocycles. The van der Waals surface area contributed by atoms with E-state index >= 15 is 0 Å². The summed E-state index contributed by atoms with van der Waals surface area (Å²) in [6, 6.07) is 7.34. The molecule has 2 rings (SSSR count). The van der Waals surface area contributed by atoms with Crippen LogP contribution in [-0.4, -0.2) is 15.1 Å².